The Morgan fingerprint density at radius 2 is 1.29 bits per heavy atom. The fourth-order valence-electron chi connectivity index (χ4n) is 5.50. The van der Waals surface area contributed by atoms with Crippen LogP contribution in [0.2, 0.25) is 0 Å². The van der Waals surface area contributed by atoms with Crippen LogP contribution in [0.5, 0.6) is 5.75 Å². The third-order valence-corrected chi connectivity index (χ3v) is 8.30. The van der Waals surface area contributed by atoms with E-state index in [1.807, 2.05) is 0 Å². The molecule has 2 aromatic carbocycles. The van der Waals surface area contributed by atoms with Gasteiger partial charge in [0.2, 0.25) is 0 Å². The highest BCUT2D eigenvalue weighted by molar-refractivity contribution is 5.89. The van der Waals surface area contributed by atoms with Crippen molar-refractivity contribution in [3.63, 3.8) is 0 Å². The third kappa shape index (κ3) is 8.16. The summed E-state index contributed by atoms with van der Waals surface area (Å²) >= 11 is 0. The van der Waals surface area contributed by atoms with Gasteiger partial charge in [-0.25, -0.2) is 4.42 Å². The molecule has 4 rings (SSSR count). The van der Waals surface area contributed by atoms with E-state index in [-0.39, 0.29) is 10.8 Å². The van der Waals surface area contributed by atoms with Crippen LogP contribution in [0.3, 0.4) is 0 Å². The molecule has 0 spiro atoms. The van der Waals surface area contributed by atoms with Crippen molar-refractivity contribution in [2.75, 3.05) is 36.0 Å². The van der Waals surface area contributed by atoms with Gasteiger partial charge in [0.15, 0.2) is 0 Å². The Labute approximate surface area is 272 Å². The molecular formula is C41H53N2O2+. The van der Waals surface area contributed by atoms with Gasteiger partial charge in [0.05, 0.1) is 16.9 Å². The largest absolute Gasteiger partial charge is 0.460 e. The van der Waals surface area contributed by atoms with E-state index in [0.717, 1.165) is 71.1 Å². The molecule has 45 heavy (non-hydrogen) atoms. The van der Waals surface area contributed by atoms with Crippen LogP contribution < -0.4 is 14.5 Å². The average Bonchev–Trinajstić information content (AvgIpc) is 3.00. The zero-order valence-electron chi connectivity index (χ0n) is 29.2. The number of rotatable bonds is 10. The highest BCUT2D eigenvalue weighted by Crippen LogP contribution is 2.41. The van der Waals surface area contributed by atoms with Crippen molar-refractivity contribution in [2.24, 2.45) is 5.41 Å². The topological polar surface area (TPSA) is 27.0 Å². The van der Waals surface area contributed by atoms with Gasteiger partial charge in [-0.1, -0.05) is 63.3 Å². The summed E-state index contributed by atoms with van der Waals surface area (Å²) in [7, 11) is 0. The Bertz CT molecular complexity index is 1630. The monoisotopic (exact) mass is 605 g/mol. The number of hydrogen-bond acceptors (Lipinski definition) is 3. The normalized spacial score (nSPS) is 14.9. The van der Waals surface area contributed by atoms with Crippen molar-refractivity contribution >= 4 is 34.0 Å². The second kappa shape index (κ2) is 14.4. The number of nitrogens with zero attached hydrogens (tertiary/aromatic N) is 2. The zero-order valence-corrected chi connectivity index (χ0v) is 29.2. The lowest BCUT2D eigenvalue weighted by molar-refractivity contribution is 0.291. The molecule has 0 N–H and O–H groups in total. The van der Waals surface area contributed by atoms with Crippen LogP contribution in [0.15, 0.2) is 95.2 Å². The van der Waals surface area contributed by atoms with E-state index in [2.05, 4.69) is 170 Å². The number of fused-ring (bicyclic) bond motifs is 2. The molecule has 0 unspecified atom stereocenters. The van der Waals surface area contributed by atoms with Crippen LogP contribution in [-0.2, 0) is 5.41 Å². The summed E-state index contributed by atoms with van der Waals surface area (Å²) in [6, 6.07) is 15.3. The Morgan fingerprint density at radius 3 is 1.91 bits per heavy atom. The Balaban J connectivity index is 1.59. The molecule has 3 aromatic rings. The minimum atomic E-state index is -0.0922. The predicted octanol–water partition coefficient (Wildman–Crippen LogP) is 11.2. The number of ether oxygens (including phenoxy) is 1. The molecule has 0 fully saturated rings. The second-order valence-corrected chi connectivity index (χ2v) is 13.6. The molecule has 1 aliphatic rings. The van der Waals surface area contributed by atoms with E-state index in [4.69, 9.17) is 9.15 Å². The summed E-state index contributed by atoms with van der Waals surface area (Å²) in [5.41, 5.74) is 6.56. The van der Waals surface area contributed by atoms with Gasteiger partial charge < -0.3 is 14.5 Å². The lowest BCUT2D eigenvalue weighted by Crippen LogP contribution is -2.22. The van der Waals surface area contributed by atoms with Gasteiger partial charge in [-0.3, -0.25) is 0 Å². The van der Waals surface area contributed by atoms with Crippen LogP contribution >= 0.6 is 0 Å². The van der Waals surface area contributed by atoms with Crippen molar-refractivity contribution in [3.8, 4) is 5.75 Å². The average molecular weight is 606 g/mol. The van der Waals surface area contributed by atoms with Crippen molar-refractivity contribution in [1.82, 2.24) is 0 Å². The molecule has 0 saturated carbocycles. The van der Waals surface area contributed by atoms with Crippen LogP contribution in [0.25, 0.3) is 22.6 Å². The lowest BCUT2D eigenvalue weighted by Gasteiger charge is -2.30. The van der Waals surface area contributed by atoms with Gasteiger partial charge in [0, 0.05) is 66.2 Å². The molecule has 0 radical (unpaired) electrons. The first-order valence-electron chi connectivity index (χ1n) is 16.6. The first-order valence-corrected chi connectivity index (χ1v) is 16.6. The fourth-order valence-corrected chi connectivity index (χ4v) is 5.50. The van der Waals surface area contributed by atoms with Crippen molar-refractivity contribution in [3.05, 3.63) is 108 Å². The van der Waals surface area contributed by atoms with E-state index >= 15 is 0 Å². The Kier molecular flexibility index (Phi) is 10.8. The summed E-state index contributed by atoms with van der Waals surface area (Å²) in [5.74, 6) is 2.88. The van der Waals surface area contributed by atoms with Crippen LogP contribution in [-0.4, -0.2) is 26.2 Å². The molecule has 4 nitrogen and oxygen atoms in total. The first kappa shape index (κ1) is 33.8. The molecular weight excluding hydrogens is 552 g/mol. The standard InChI is InChI=1S/C41H53N2O2/c1-11-42(12-2)32-22-24-34-30(26-38(40(5,6)7)44-36(34)28-32)20-18-16-15-17-19-21-31-27-39(41(8,9)10)45-37-29-33(23-25-35(31)37)43(13-3)14-4/h15-29H,11-14H2,1-10H3/q+1. The van der Waals surface area contributed by atoms with Gasteiger partial charge in [-0.2, -0.15) is 0 Å². The molecule has 2 heterocycles. The van der Waals surface area contributed by atoms with Gasteiger partial charge in [0.25, 0.3) is 0 Å². The van der Waals surface area contributed by atoms with E-state index in [1.54, 1.807) is 0 Å². The van der Waals surface area contributed by atoms with Crippen molar-refractivity contribution < 1.29 is 9.15 Å². The first-order chi connectivity index (χ1) is 21.4. The Morgan fingerprint density at radius 1 is 0.689 bits per heavy atom. The SMILES string of the molecule is CCN(CC)c1ccc2c(c1)OC(C(C)(C)C)=C\C2=C/C=C/C=C/C=C/c1cc(C(C)(C)C)[o+]c2cc(N(CC)CC)ccc12. The highest BCUT2D eigenvalue weighted by atomic mass is 16.5. The van der Waals surface area contributed by atoms with Gasteiger partial charge >= 0.3 is 11.3 Å². The molecule has 238 valence electrons. The maximum Gasteiger partial charge on any atom is 0.362 e. The molecule has 0 bridgehead atoms. The van der Waals surface area contributed by atoms with Crippen LogP contribution in [0.1, 0.15) is 86.1 Å². The molecule has 0 saturated heterocycles. The summed E-state index contributed by atoms with van der Waals surface area (Å²) in [6.07, 6.45) is 17.0. The number of hydrogen-bond donors (Lipinski definition) is 0. The van der Waals surface area contributed by atoms with Gasteiger partial charge in [-0.15, -0.1) is 0 Å². The predicted molar refractivity (Wildman–Crippen MR) is 196 cm³/mol. The third-order valence-electron chi connectivity index (χ3n) is 8.30. The molecule has 1 aliphatic heterocycles. The molecule has 4 heteroatoms. The minimum Gasteiger partial charge on any atom is -0.460 e. The Hall–Kier alpha value is -4.05. The van der Waals surface area contributed by atoms with Crippen LogP contribution in [0, 0.1) is 5.41 Å². The summed E-state index contributed by atoms with van der Waals surface area (Å²) in [6.45, 7) is 25.8. The highest BCUT2D eigenvalue weighted by Gasteiger charge is 2.29. The fraction of sp³-hybridized carbons (Fsp3) is 0.390. The number of allylic oxidation sites excluding steroid dienone is 9. The number of anilines is 2. The van der Waals surface area contributed by atoms with Crippen LogP contribution in [0.4, 0.5) is 11.4 Å². The van der Waals surface area contributed by atoms with Gasteiger partial charge in [0.1, 0.15) is 11.5 Å². The molecule has 1 aromatic heterocycles. The summed E-state index contributed by atoms with van der Waals surface area (Å²) < 4.78 is 12.9. The van der Waals surface area contributed by atoms with E-state index < -0.39 is 0 Å². The zero-order chi connectivity index (χ0) is 32.8. The van der Waals surface area contributed by atoms with Gasteiger partial charge in [-0.05, 0) is 84.4 Å². The second-order valence-electron chi connectivity index (χ2n) is 13.6. The molecule has 0 atom stereocenters. The summed E-state index contributed by atoms with van der Waals surface area (Å²) in [5, 5.41) is 1.12. The molecule has 0 amide bonds. The van der Waals surface area contributed by atoms with E-state index in [1.165, 1.54) is 11.4 Å². The van der Waals surface area contributed by atoms with E-state index in [0.29, 0.717) is 0 Å². The summed E-state index contributed by atoms with van der Waals surface area (Å²) in [4.78, 5) is 4.70. The van der Waals surface area contributed by atoms with Crippen molar-refractivity contribution in [1.29, 1.82) is 0 Å². The van der Waals surface area contributed by atoms with Crippen molar-refractivity contribution in [2.45, 2.75) is 74.7 Å². The maximum atomic E-state index is 6.43. The lowest BCUT2D eigenvalue weighted by atomic mass is 9.89. The smallest absolute Gasteiger partial charge is 0.362 e. The maximum absolute atomic E-state index is 6.43. The van der Waals surface area contributed by atoms with E-state index in [9.17, 15) is 0 Å². The number of benzene rings is 2. The molecule has 0 aliphatic carbocycles. The minimum absolute atomic E-state index is 0.0922. The quantitative estimate of drug-likeness (QED) is 0.170.